The predicted molar refractivity (Wildman–Crippen MR) is 57.8 cm³/mol. The number of hydrogen-bond donors (Lipinski definition) is 1. The van der Waals surface area contributed by atoms with Crippen molar-refractivity contribution in [3.8, 4) is 0 Å². The first-order chi connectivity index (χ1) is 8.03. The third-order valence-electron chi connectivity index (χ3n) is 1.87. The minimum Gasteiger partial charge on any atom is -0.315 e. The van der Waals surface area contributed by atoms with Crippen molar-refractivity contribution in [1.29, 1.82) is 0 Å². The molecule has 1 rings (SSSR count). The summed E-state index contributed by atoms with van der Waals surface area (Å²) in [6.07, 6.45) is -4.97. The molecule has 17 heavy (non-hydrogen) atoms. The van der Waals surface area contributed by atoms with Gasteiger partial charge in [0.2, 0.25) is 5.16 Å². The number of aromatic nitrogens is 4. The zero-order chi connectivity index (χ0) is 12.7. The average molecular weight is 269 g/mol. The van der Waals surface area contributed by atoms with Crippen molar-refractivity contribution in [2.75, 3.05) is 18.8 Å². The summed E-state index contributed by atoms with van der Waals surface area (Å²) in [5.41, 5.74) is 0. The number of hydrogen-bond acceptors (Lipinski definition) is 5. The number of nitrogens with one attached hydrogen (secondary N) is 1. The van der Waals surface area contributed by atoms with E-state index in [0.29, 0.717) is 18.2 Å². The Morgan fingerprint density at radius 3 is 2.82 bits per heavy atom. The van der Waals surface area contributed by atoms with Crippen LogP contribution in [0.2, 0.25) is 0 Å². The number of nitrogens with zero attached hydrogens (tertiary/aromatic N) is 4. The van der Waals surface area contributed by atoms with Gasteiger partial charge >= 0.3 is 6.18 Å². The molecule has 0 unspecified atom stereocenters. The van der Waals surface area contributed by atoms with E-state index in [0.717, 1.165) is 18.3 Å². The van der Waals surface area contributed by atoms with Crippen molar-refractivity contribution >= 4 is 11.8 Å². The molecule has 0 saturated heterocycles. The fourth-order valence-electron chi connectivity index (χ4n) is 1.06. The summed E-state index contributed by atoms with van der Waals surface area (Å²) in [5, 5.41) is 14.4. The van der Waals surface area contributed by atoms with Crippen LogP contribution < -0.4 is 5.32 Å². The van der Waals surface area contributed by atoms with Gasteiger partial charge in [-0.3, -0.25) is 0 Å². The molecule has 1 aromatic heterocycles. The Morgan fingerprint density at radius 2 is 2.18 bits per heavy atom. The lowest BCUT2D eigenvalue weighted by Crippen LogP contribution is -2.20. The molecule has 1 heterocycles. The third kappa shape index (κ3) is 5.87. The Balaban J connectivity index is 2.35. The molecule has 0 spiro atoms. The molecule has 0 aliphatic rings. The van der Waals surface area contributed by atoms with Crippen molar-refractivity contribution in [1.82, 2.24) is 25.5 Å². The Morgan fingerprint density at radius 1 is 1.41 bits per heavy atom. The Kier molecular flexibility index (Phi) is 5.69. The van der Waals surface area contributed by atoms with Crippen molar-refractivity contribution in [3.63, 3.8) is 0 Å². The van der Waals surface area contributed by atoms with Crippen molar-refractivity contribution in [3.05, 3.63) is 0 Å². The molecular formula is C8H14F3N5S. The van der Waals surface area contributed by atoms with Gasteiger partial charge < -0.3 is 5.32 Å². The van der Waals surface area contributed by atoms with Crippen LogP contribution in [0.5, 0.6) is 0 Å². The maximum absolute atomic E-state index is 12.0. The second-order valence-electron chi connectivity index (χ2n) is 3.25. The topological polar surface area (TPSA) is 55.6 Å². The smallest absolute Gasteiger partial charge is 0.315 e. The molecule has 1 N–H and O–H groups in total. The zero-order valence-corrected chi connectivity index (χ0v) is 10.2. The van der Waals surface area contributed by atoms with E-state index >= 15 is 0 Å². The molecule has 9 heteroatoms. The largest absolute Gasteiger partial charge is 0.389 e. The molecular weight excluding hydrogens is 255 g/mol. The Hall–Kier alpha value is -0.830. The fraction of sp³-hybridized carbons (Fsp3) is 0.875. The summed E-state index contributed by atoms with van der Waals surface area (Å²) >= 11 is 1.02. The second kappa shape index (κ2) is 6.80. The number of thioether (sulfide) groups is 1. The molecule has 0 aliphatic heterocycles. The lowest BCUT2D eigenvalue weighted by atomic mass is 10.5. The van der Waals surface area contributed by atoms with E-state index in [4.69, 9.17) is 0 Å². The first-order valence-electron chi connectivity index (χ1n) is 5.19. The molecule has 0 saturated carbocycles. The number of likely N-dealkylation sites (N-methyl/N-ethyl adjacent to an activating group) is 1. The number of tetrazole rings is 1. The quantitative estimate of drug-likeness (QED) is 0.598. The summed E-state index contributed by atoms with van der Waals surface area (Å²) in [7, 11) is 0. The van der Waals surface area contributed by atoms with Gasteiger partial charge in [0.05, 0.1) is 13.0 Å². The highest BCUT2D eigenvalue weighted by Crippen LogP contribution is 2.24. The van der Waals surface area contributed by atoms with Gasteiger partial charge in [-0.2, -0.15) is 13.2 Å². The molecule has 98 valence electrons. The van der Waals surface area contributed by atoms with Crippen LogP contribution in [0, 0.1) is 0 Å². The van der Waals surface area contributed by atoms with Crippen LogP contribution in [0.25, 0.3) is 0 Å². The zero-order valence-electron chi connectivity index (χ0n) is 9.37. The standard InChI is InChI=1S/C8H14F3N5S/c1-2-12-4-5-16-7(13-14-15-16)17-6-3-8(9,10)11/h12H,2-6H2,1H3. The first-order valence-corrected chi connectivity index (χ1v) is 6.18. The van der Waals surface area contributed by atoms with E-state index in [1.165, 1.54) is 4.68 Å². The summed E-state index contributed by atoms with van der Waals surface area (Å²) < 4.78 is 37.4. The van der Waals surface area contributed by atoms with Gasteiger partial charge in [0.1, 0.15) is 0 Å². The fourth-order valence-corrected chi connectivity index (χ4v) is 1.95. The van der Waals surface area contributed by atoms with Crippen molar-refractivity contribution in [2.24, 2.45) is 0 Å². The van der Waals surface area contributed by atoms with E-state index in [2.05, 4.69) is 20.8 Å². The molecule has 0 aliphatic carbocycles. The third-order valence-corrected chi connectivity index (χ3v) is 2.82. The summed E-state index contributed by atoms with van der Waals surface area (Å²) in [4.78, 5) is 0. The van der Waals surface area contributed by atoms with Gasteiger partial charge in [0, 0.05) is 12.3 Å². The Bertz CT molecular complexity index is 327. The normalized spacial score (nSPS) is 12.0. The van der Waals surface area contributed by atoms with Gasteiger partial charge in [-0.1, -0.05) is 18.7 Å². The molecule has 1 aromatic rings. The monoisotopic (exact) mass is 269 g/mol. The van der Waals surface area contributed by atoms with E-state index in [1.54, 1.807) is 0 Å². The minimum absolute atomic E-state index is 0.0644. The SMILES string of the molecule is CCNCCn1nnnc1SCCC(F)(F)F. The highest BCUT2D eigenvalue weighted by molar-refractivity contribution is 7.99. The maximum Gasteiger partial charge on any atom is 0.389 e. The lowest BCUT2D eigenvalue weighted by molar-refractivity contribution is -0.129. The lowest BCUT2D eigenvalue weighted by Gasteiger charge is -2.06. The van der Waals surface area contributed by atoms with Crippen molar-refractivity contribution < 1.29 is 13.2 Å². The highest BCUT2D eigenvalue weighted by atomic mass is 32.2. The molecule has 0 fully saturated rings. The predicted octanol–water partition coefficient (Wildman–Crippen LogP) is 1.33. The van der Waals surface area contributed by atoms with E-state index < -0.39 is 12.6 Å². The number of rotatable bonds is 7. The van der Waals surface area contributed by atoms with Gasteiger partial charge in [0.15, 0.2) is 0 Å². The van der Waals surface area contributed by atoms with Crippen LogP contribution in [0.3, 0.4) is 0 Å². The van der Waals surface area contributed by atoms with E-state index in [9.17, 15) is 13.2 Å². The highest BCUT2D eigenvalue weighted by Gasteiger charge is 2.26. The van der Waals surface area contributed by atoms with Crippen LogP contribution in [-0.2, 0) is 6.54 Å². The van der Waals surface area contributed by atoms with E-state index in [-0.39, 0.29) is 5.75 Å². The molecule has 0 bridgehead atoms. The number of halogens is 3. The van der Waals surface area contributed by atoms with Gasteiger partial charge in [-0.25, -0.2) is 4.68 Å². The second-order valence-corrected chi connectivity index (χ2v) is 4.31. The molecule has 0 atom stereocenters. The average Bonchev–Trinajstić information content (AvgIpc) is 2.64. The van der Waals surface area contributed by atoms with Crippen LogP contribution >= 0.6 is 11.8 Å². The minimum atomic E-state index is -4.13. The van der Waals surface area contributed by atoms with Gasteiger partial charge in [-0.05, 0) is 17.0 Å². The number of alkyl halides is 3. The van der Waals surface area contributed by atoms with Gasteiger partial charge in [-0.15, -0.1) is 5.10 Å². The van der Waals surface area contributed by atoms with E-state index in [1.807, 2.05) is 6.92 Å². The maximum atomic E-state index is 12.0. The summed E-state index contributed by atoms with van der Waals surface area (Å²) in [6, 6.07) is 0. The summed E-state index contributed by atoms with van der Waals surface area (Å²) in [6.45, 7) is 4.04. The van der Waals surface area contributed by atoms with Crippen LogP contribution in [-0.4, -0.2) is 45.2 Å². The Labute approximate surface area is 101 Å². The molecule has 0 amide bonds. The molecule has 0 radical (unpaired) electrons. The van der Waals surface area contributed by atoms with Gasteiger partial charge in [0.25, 0.3) is 0 Å². The first kappa shape index (κ1) is 14.2. The summed E-state index contributed by atoms with van der Waals surface area (Å²) in [5.74, 6) is -0.0644. The van der Waals surface area contributed by atoms with Crippen LogP contribution in [0.15, 0.2) is 5.16 Å². The molecule has 5 nitrogen and oxygen atoms in total. The van der Waals surface area contributed by atoms with Crippen molar-refractivity contribution in [2.45, 2.75) is 31.2 Å². The van der Waals surface area contributed by atoms with Crippen LogP contribution in [0.4, 0.5) is 13.2 Å². The molecule has 0 aromatic carbocycles. The van der Waals surface area contributed by atoms with Crippen LogP contribution in [0.1, 0.15) is 13.3 Å².